The van der Waals surface area contributed by atoms with Gasteiger partial charge >= 0.3 is 0 Å². The highest BCUT2D eigenvalue weighted by Crippen LogP contribution is 2.43. The van der Waals surface area contributed by atoms with Crippen molar-refractivity contribution in [2.45, 2.75) is 0 Å². The highest BCUT2D eigenvalue weighted by atomic mass is 19.1. The fraction of sp³-hybridized carbons (Fsp3) is 0. The van der Waals surface area contributed by atoms with E-state index in [0.29, 0.717) is 10.8 Å². The molecule has 0 saturated heterocycles. The third-order valence-corrected chi connectivity index (χ3v) is 8.64. The zero-order chi connectivity index (χ0) is 28.7. The first-order valence-corrected chi connectivity index (χ1v) is 14.3. The summed E-state index contributed by atoms with van der Waals surface area (Å²) < 4.78 is 30.8. The van der Waals surface area contributed by atoms with Gasteiger partial charge in [0.25, 0.3) is 0 Å². The van der Waals surface area contributed by atoms with Gasteiger partial charge in [0, 0.05) is 38.2 Å². The van der Waals surface area contributed by atoms with Gasteiger partial charge < -0.3 is 4.57 Å². The van der Waals surface area contributed by atoms with Gasteiger partial charge in [0.05, 0.1) is 22.2 Å². The van der Waals surface area contributed by atoms with E-state index in [4.69, 9.17) is 4.98 Å². The van der Waals surface area contributed by atoms with Crippen LogP contribution in [-0.4, -0.2) is 9.55 Å². The van der Waals surface area contributed by atoms with Crippen LogP contribution in [-0.2, 0) is 0 Å². The maximum absolute atomic E-state index is 14.4. The van der Waals surface area contributed by atoms with Crippen molar-refractivity contribution in [1.82, 2.24) is 9.55 Å². The third kappa shape index (κ3) is 3.47. The van der Waals surface area contributed by atoms with Gasteiger partial charge in [-0.3, -0.25) is 0 Å². The molecule has 202 valence electrons. The van der Waals surface area contributed by atoms with Gasteiger partial charge in [0.2, 0.25) is 0 Å². The second-order valence-electron chi connectivity index (χ2n) is 11.0. The van der Waals surface area contributed by atoms with Crippen molar-refractivity contribution in [2.24, 2.45) is 0 Å². The van der Waals surface area contributed by atoms with Gasteiger partial charge in [0.15, 0.2) is 0 Å². The Balaban J connectivity index is 1.42. The first kappa shape index (κ1) is 24.0. The quantitative estimate of drug-likeness (QED) is 0.194. The van der Waals surface area contributed by atoms with Gasteiger partial charge in [-0.2, -0.15) is 0 Å². The van der Waals surface area contributed by atoms with E-state index in [2.05, 4.69) is 83.4 Å². The molecule has 0 fully saturated rings. The standard InChI is InChI=1S/C39H22F2N2/c40-24-16-18-35-32(21-24)33-22-25(41)17-19-36(33)43(35)26-9-7-8-23(20-26)39-38-30-13-4-2-11-28(30)27-10-1-3-12-29(27)37(38)31-14-5-6-15-34(31)42-39/h1-22H. The second kappa shape index (κ2) is 8.94. The fourth-order valence-electron chi connectivity index (χ4n) is 6.87. The summed E-state index contributed by atoms with van der Waals surface area (Å²) in [5.74, 6) is -0.703. The van der Waals surface area contributed by atoms with Gasteiger partial charge in [0.1, 0.15) is 11.6 Å². The Labute approximate surface area is 245 Å². The van der Waals surface area contributed by atoms with Crippen LogP contribution in [0.15, 0.2) is 133 Å². The molecule has 9 aromatic rings. The first-order valence-electron chi connectivity index (χ1n) is 14.3. The van der Waals surface area contributed by atoms with E-state index >= 15 is 0 Å². The van der Waals surface area contributed by atoms with Crippen LogP contribution in [0.25, 0.3) is 82.0 Å². The molecule has 0 spiro atoms. The lowest BCUT2D eigenvalue weighted by molar-refractivity contribution is 0.628. The molecule has 0 bridgehead atoms. The normalized spacial score (nSPS) is 12.0. The summed E-state index contributed by atoms with van der Waals surface area (Å²) in [5, 5.41) is 9.50. The monoisotopic (exact) mass is 556 g/mol. The van der Waals surface area contributed by atoms with Crippen LogP contribution >= 0.6 is 0 Å². The third-order valence-electron chi connectivity index (χ3n) is 8.64. The fourth-order valence-corrected chi connectivity index (χ4v) is 6.87. The van der Waals surface area contributed by atoms with Crippen LogP contribution in [0.4, 0.5) is 8.78 Å². The lowest BCUT2D eigenvalue weighted by atomic mass is 9.90. The average Bonchev–Trinajstić information content (AvgIpc) is 3.36. The minimum atomic E-state index is -0.351. The SMILES string of the molecule is Fc1ccc2c(c1)c1cc(F)ccc1n2-c1cccc(-c2nc3ccccc3c3c4ccccc4c4ccccc4c23)c1. The maximum atomic E-state index is 14.4. The highest BCUT2D eigenvalue weighted by molar-refractivity contribution is 6.33. The van der Waals surface area contributed by atoms with Crippen LogP contribution < -0.4 is 0 Å². The Morgan fingerprint density at radius 3 is 1.65 bits per heavy atom. The lowest BCUT2D eigenvalue weighted by Crippen LogP contribution is -1.96. The van der Waals surface area contributed by atoms with Crippen molar-refractivity contribution in [3.63, 3.8) is 0 Å². The van der Waals surface area contributed by atoms with Crippen molar-refractivity contribution < 1.29 is 8.78 Å². The van der Waals surface area contributed by atoms with Crippen LogP contribution in [0.3, 0.4) is 0 Å². The molecule has 2 heterocycles. The van der Waals surface area contributed by atoms with Gasteiger partial charge in [-0.1, -0.05) is 78.9 Å². The van der Waals surface area contributed by atoms with Crippen LogP contribution in [0, 0.1) is 11.6 Å². The number of rotatable bonds is 2. The van der Waals surface area contributed by atoms with Crippen molar-refractivity contribution >= 4 is 65.0 Å². The van der Waals surface area contributed by atoms with E-state index in [1.54, 1.807) is 12.1 Å². The number of fused-ring (bicyclic) bond motifs is 11. The summed E-state index contributed by atoms with van der Waals surface area (Å²) in [6, 6.07) is 43.1. The van der Waals surface area contributed by atoms with Gasteiger partial charge in [-0.25, -0.2) is 13.8 Å². The number of hydrogen-bond acceptors (Lipinski definition) is 1. The van der Waals surface area contributed by atoms with E-state index in [1.165, 1.54) is 45.8 Å². The Hall–Kier alpha value is -5.61. The number of pyridine rings is 1. The number of benzene rings is 7. The molecular formula is C39H22F2N2. The Morgan fingerprint density at radius 1 is 0.442 bits per heavy atom. The van der Waals surface area contributed by atoms with Crippen molar-refractivity contribution in [3.05, 3.63) is 145 Å². The number of hydrogen-bond donors (Lipinski definition) is 0. The second-order valence-corrected chi connectivity index (χ2v) is 11.0. The molecule has 2 nitrogen and oxygen atoms in total. The number of para-hydroxylation sites is 1. The molecule has 7 aromatic carbocycles. The topological polar surface area (TPSA) is 17.8 Å². The van der Waals surface area contributed by atoms with E-state index in [9.17, 15) is 8.78 Å². The summed E-state index contributed by atoms with van der Waals surface area (Å²) in [4.78, 5) is 5.29. The molecule has 2 aromatic heterocycles. The van der Waals surface area contributed by atoms with E-state index in [0.717, 1.165) is 49.7 Å². The van der Waals surface area contributed by atoms with E-state index in [-0.39, 0.29) is 11.6 Å². The molecule has 0 amide bonds. The smallest absolute Gasteiger partial charge is 0.123 e. The predicted octanol–water partition coefficient (Wildman–Crippen LogP) is 10.7. The molecule has 0 saturated carbocycles. The zero-order valence-electron chi connectivity index (χ0n) is 22.9. The Morgan fingerprint density at radius 2 is 1.00 bits per heavy atom. The summed E-state index contributed by atoms with van der Waals surface area (Å²) in [7, 11) is 0. The minimum absolute atomic E-state index is 0.351. The van der Waals surface area contributed by atoms with Crippen LogP contribution in [0.2, 0.25) is 0 Å². The van der Waals surface area contributed by atoms with E-state index in [1.807, 2.05) is 18.2 Å². The summed E-state index contributed by atoms with van der Waals surface area (Å²) in [6.45, 7) is 0. The molecule has 4 heteroatoms. The predicted molar refractivity (Wildman–Crippen MR) is 174 cm³/mol. The lowest BCUT2D eigenvalue weighted by Gasteiger charge is -2.17. The van der Waals surface area contributed by atoms with Crippen LogP contribution in [0.5, 0.6) is 0 Å². The van der Waals surface area contributed by atoms with Crippen molar-refractivity contribution in [2.75, 3.05) is 0 Å². The molecule has 0 N–H and O–H groups in total. The molecule has 0 radical (unpaired) electrons. The molecule has 0 aliphatic heterocycles. The molecule has 0 atom stereocenters. The molecule has 0 aliphatic rings. The number of nitrogens with zero attached hydrogens (tertiary/aromatic N) is 2. The molecule has 43 heavy (non-hydrogen) atoms. The van der Waals surface area contributed by atoms with E-state index < -0.39 is 0 Å². The van der Waals surface area contributed by atoms with Crippen molar-refractivity contribution in [1.29, 1.82) is 0 Å². The molecule has 0 aliphatic carbocycles. The van der Waals surface area contributed by atoms with Gasteiger partial charge in [-0.05, 0) is 76.1 Å². The van der Waals surface area contributed by atoms with Crippen LogP contribution in [0.1, 0.15) is 0 Å². The Bertz CT molecular complexity index is 2540. The largest absolute Gasteiger partial charge is 0.309 e. The Kier molecular flexibility index (Phi) is 5.00. The molecule has 0 unspecified atom stereocenters. The van der Waals surface area contributed by atoms with Crippen molar-refractivity contribution in [3.8, 4) is 16.9 Å². The number of aromatic nitrogens is 2. The maximum Gasteiger partial charge on any atom is 0.123 e. The summed E-state index contributed by atoms with van der Waals surface area (Å²) in [5.41, 5.74) is 5.31. The summed E-state index contributed by atoms with van der Waals surface area (Å²) in [6.07, 6.45) is 0. The average molecular weight is 557 g/mol. The summed E-state index contributed by atoms with van der Waals surface area (Å²) >= 11 is 0. The highest BCUT2D eigenvalue weighted by Gasteiger charge is 2.19. The first-order chi connectivity index (χ1) is 21.2. The van der Waals surface area contributed by atoms with Gasteiger partial charge in [-0.15, -0.1) is 0 Å². The zero-order valence-corrected chi connectivity index (χ0v) is 22.9. The minimum Gasteiger partial charge on any atom is -0.309 e. The molecule has 9 rings (SSSR count). The number of halogens is 2. The molecular weight excluding hydrogens is 534 g/mol.